The second kappa shape index (κ2) is 6.34. The highest BCUT2D eigenvalue weighted by Gasteiger charge is 2.07. The number of nitrogens with two attached hydrogens (primary N) is 1. The Hall–Kier alpha value is -1.87. The smallest absolute Gasteiger partial charge is 0.146 e. The maximum Gasteiger partial charge on any atom is 0.146 e. The molecule has 0 fully saturated rings. The fourth-order valence-electron chi connectivity index (χ4n) is 1.70. The predicted octanol–water partition coefficient (Wildman–Crippen LogP) is 3.90. The first-order chi connectivity index (χ1) is 9.22. The fourth-order valence-corrected chi connectivity index (χ4v) is 1.89. The van der Waals surface area contributed by atoms with Crippen LogP contribution < -0.4 is 15.2 Å². The Kier molecular flexibility index (Phi) is 4.53. The highest BCUT2D eigenvalue weighted by Crippen LogP contribution is 2.32. The SMILES string of the molecule is CCOc1cccc(OCc2ccccc2Cl)c1N. The van der Waals surface area contributed by atoms with Gasteiger partial charge in [-0.05, 0) is 25.1 Å². The first-order valence-electron chi connectivity index (χ1n) is 6.10. The first kappa shape index (κ1) is 13.6. The molecule has 0 saturated heterocycles. The highest BCUT2D eigenvalue weighted by atomic mass is 35.5. The molecule has 2 N–H and O–H groups in total. The molecule has 0 aliphatic rings. The molecule has 0 saturated carbocycles. The van der Waals surface area contributed by atoms with E-state index in [1.54, 1.807) is 0 Å². The van der Waals surface area contributed by atoms with Gasteiger partial charge in [0.15, 0.2) is 0 Å². The van der Waals surface area contributed by atoms with E-state index in [-0.39, 0.29) is 0 Å². The summed E-state index contributed by atoms with van der Waals surface area (Å²) in [6.45, 7) is 2.86. The molecule has 0 amide bonds. The molecule has 2 aromatic rings. The molecular formula is C15H16ClNO2. The maximum absolute atomic E-state index is 6.08. The molecule has 0 spiro atoms. The summed E-state index contributed by atoms with van der Waals surface area (Å²) in [5.74, 6) is 1.24. The number of anilines is 1. The van der Waals surface area contributed by atoms with Gasteiger partial charge in [0.25, 0.3) is 0 Å². The van der Waals surface area contributed by atoms with E-state index in [1.165, 1.54) is 0 Å². The van der Waals surface area contributed by atoms with Crippen LogP contribution in [0.25, 0.3) is 0 Å². The molecule has 0 aliphatic heterocycles. The van der Waals surface area contributed by atoms with Crippen LogP contribution in [0.5, 0.6) is 11.5 Å². The molecule has 19 heavy (non-hydrogen) atoms. The predicted molar refractivity (Wildman–Crippen MR) is 77.8 cm³/mol. The summed E-state index contributed by atoms with van der Waals surface area (Å²) in [4.78, 5) is 0. The van der Waals surface area contributed by atoms with Gasteiger partial charge in [0.05, 0.1) is 6.61 Å². The fraction of sp³-hybridized carbons (Fsp3) is 0.200. The summed E-state index contributed by atoms with van der Waals surface area (Å²) in [6, 6.07) is 13.0. The van der Waals surface area contributed by atoms with Crippen LogP contribution in [0.3, 0.4) is 0 Å². The number of nitrogen functional groups attached to an aromatic ring is 1. The summed E-state index contributed by atoms with van der Waals surface area (Å²) in [5, 5.41) is 0.682. The molecule has 0 atom stereocenters. The van der Waals surface area contributed by atoms with Crippen LogP contribution in [0.1, 0.15) is 12.5 Å². The molecule has 100 valence electrons. The van der Waals surface area contributed by atoms with Crippen molar-refractivity contribution in [2.45, 2.75) is 13.5 Å². The van der Waals surface area contributed by atoms with Gasteiger partial charge >= 0.3 is 0 Å². The second-order valence-electron chi connectivity index (χ2n) is 3.98. The monoisotopic (exact) mass is 277 g/mol. The third kappa shape index (κ3) is 3.32. The Labute approximate surface area is 117 Å². The van der Waals surface area contributed by atoms with E-state index < -0.39 is 0 Å². The lowest BCUT2D eigenvalue weighted by atomic mass is 10.2. The van der Waals surface area contributed by atoms with Gasteiger partial charge in [-0.1, -0.05) is 35.9 Å². The minimum atomic E-state index is 0.374. The van der Waals surface area contributed by atoms with Crippen molar-refractivity contribution >= 4 is 17.3 Å². The Morgan fingerprint density at radius 3 is 2.37 bits per heavy atom. The molecule has 2 rings (SSSR count). The van der Waals surface area contributed by atoms with Gasteiger partial charge in [-0.25, -0.2) is 0 Å². The van der Waals surface area contributed by atoms with Gasteiger partial charge < -0.3 is 15.2 Å². The maximum atomic E-state index is 6.08. The number of para-hydroxylation sites is 1. The third-order valence-corrected chi connectivity index (χ3v) is 3.04. The number of halogens is 1. The van der Waals surface area contributed by atoms with Crippen molar-refractivity contribution in [2.24, 2.45) is 0 Å². The summed E-state index contributed by atoms with van der Waals surface area (Å²) < 4.78 is 11.1. The molecule has 3 nitrogen and oxygen atoms in total. The van der Waals surface area contributed by atoms with Crippen molar-refractivity contribution in [3.8, 4) is 11.5 Å². The summed E-state index contributed by atoms with van der Waals surface area (Å²) in [5.41, 5.74) is 7.42. The summed E-state index contributed by atoms with van der Waals surface area (Å²) >= 11 is 6.08. The highest BCUT2D eigenvalue weighted by molar-refractivity contribution is 6.31. The standard InChI is InChI=1S/C15H16ClNO2/c1-2-18-13-8-5-9-14(15(13)17)19-10-11-6-3-4-7-12(11)16/h3-9H,2,10,17H2,1H3. The van der Waals surface area contributed by atoms with E-state index in [0.29, 0.717) is 35.4 Å². The molecule has 4 heteroatoms. The molecular weight excluding hydrogens is 262 g/mol. The summed E-state index contributed by atoms with van der Waals surface area (Å²) in [7, 11) is 0. The van der Waals surface area contributed by atoms with E-state index >= 15 is 0 Å². The zero-order valence-corrected chi connectivity index (χ0v) is 11.5. The van der Waals surface area contributed by atoms with Crippen LogP contribution in [0.15, 0.2) is 42.5 Å². The van der Waals surface area contributed by atoms with Gasteiger partial charge in [0.2, 0.25) is 0 Å². The Bertz CT molecular complexity index is 558. The largest absolute Gasteiger partial charge is 0.492 e. The Morgan fingerprint density at radius 1 is 1.00 bits per heavy atom. The number of rotatable bonds is 5. The van der Waals surface area contributed by atoms with Crippen molar-refractivity contribution in [3.05, 3.63) is 53.1 Å². The molecule has 2 aromatic carbocycles. The summed E-state index contributed by atoms with van der Waals surface area (Å²) in [6.07, 6.45) is 0. The van der Waals surface area contributed by atoms with E-state index in [9.17, 15) is 0 Å². The lowest BCUT2D eigenvalue weighted by Crippen LogP contribution is -2.02. The van der Waals surface area contributed by atoms with Crippen LogP contribution in [-0.4, -0.2) is 6.61 Å². The normalized spacial score (nSPS) is 10.2. The molecule has 0 unspecified atom stereocenters. The molecule has 0 radical (unpaired) electrons. The lowest BCUT2D eigenvalue weighted by molar-refractivity contribution is 0.302. The number of benzene rings is 2. The van der Waals surface area contributed by atoms with E-state index in [1.807, 2.05) is 49.4 Å². The average Bonchev–Trinajstić information content (AvgIpc) is 2.42. The van der Waals surface area contributed by atoms with Crippen molar-refractivity contribution in [2.75, 3.05) is 12.3 Å². The number of hydrogen-bond acceptors (Lipinski definition) is 3. The first-order valence-corrected chi connectivity index (χ1v) is 6.47. The minimum absolute atomic E-state index is 0.374. The quantitative estimate of drug-likeness (QED) is 0.843. The van der Waals surface area contributed by atoms with Crippen LogP contribution in [0.2, 0.25) is 5.02 Å². The van der Waals surface area contributed by atoms with Crippen molar-refractivity contribution < 1.29 is 9.47 Å². The topological polar surface area (TPSA) is 44.5 Å². The Balaban J connectivity index is 2.12. The van der Waals surface area contributed by atoms with E-state index in [0.717, 1.165) is 5.56 Å². The number of hydrogen-bond donors (Lipinski definition) is 1. The average molecular weight is 278 g/mol. The number of ether oxygens (including phenoxy) is 2. The van der Waals surface area contributed by atoms with Crippen LogP contribution in [0.4, 0.5) is 5.69 Å². The van der Waals surface area contributed by atoms with Crippen LogP contribution >= 0.6 is 11.6 Å². The lowest BCUT2D eigenvalue weighted by Gasteiger charge is -2.13. The van der Waals surface area contributed by atoms with Gasteiger partial charge in [0, 0.05) is 10.6 Å². The third-order valence-electron chi connectivity index (χ3n) is 2.67. The van der Waals surface area contributed by atoms with Gasteiger partial charge in [-0.15, -0.1) is 0 Å². The zero-order valence-electron chi connectivity index (χ0n) is 10.7. The molecule has 0 bridgehead atoms. The van der Waals surface area contributed by atoms with Gasteiger partial charge in [-0.3, -0.25) is 0 Å². The van der Waals surface area contributed by atoms with Crippen molar-refractivity contribution in [3.63, 3.8) is 0 Å². The van der Waals surface area contributed by atoms with Crippen molar-refractivity contribution in [1.29, 1.82) is 0 Å². The molecule has 0 aliphatic carbocycles. The molecule has 0 heterocycles. The van der Waals surface area contributed by atoms with Crippen LogP contribution in [-0.2, 0) is 6.61 Å². The van der Waals surface area contributed by atoms with E-state index in [4.69, 9.17) is 26.8 Å². The van der Waals surface area contributed by atoms with Gasteiger partial charge in [-0.2, -0.15) is 0 Å². The van der Waals surface area contributed by atoms with E-state index in [2.05, 4.69) is 0 Å². The van der Waals surface area contributed by atoms with Crippen molar-refractivity contribution in [1.82, 2.24) is 0 Å². The molecule has 0 aromatic heterocycles. The Morgan fingerprint density at radius 2 is 1.68 bits per heavy atom. The van der Waals surface area contributed by atoms with Gasteiger partial charge in [0.1, 0.15) is 23.8 Å². The second-order valence-corrected chi connectivity index (χ2v) is 4.39. The zero-order chi connectivity index (χ0) is 13.7. The van der Waals surface area contributed by atoms with Crippen LogP contribution in [0, 0.1) is 0 Å². The minimum Gasteiger partial charge on any atom is -0.492 e.